The van der Waals surface area contributed by atoms with Gasteiger partial charge in [0.15, 0.2) is 11.9 Å². The highest BCUT2D eigenvalue weighted by Crippen LogP contribution is 2.11. The first-order chi connectivity index (χ1) is 15.7. The largest absolute Gasteiger partial charge is 0.334 e. The summed E-state index contributed by atoms with van der Waals surface area (Å²) in [5.74, 6) is 1.36. The second-order valence-corrected chi connectivity index (χ2v) is 10.8. The summed E-state index contributed by atoms with van der Waals surface area (Å²) in [4.78, 5) is 9.37. The molecular weight excluding hydrogens is 436 g/mol. The van der Waals surface area contributed by atoms with Crippen LogP contribution in [0.25, 0.3) is 0 Å². The Hall–Kier alpha value is -2.13. The number of hydrogen-bond acceptors (Lipinski definition) is 4. The van der Waals surface area contributed by atoms with Crippen LogP contribution in [-0.2, 0) is 16.6 Å². The van der Waals surface area contributed by atoms with E-state index in [1.807, 2.05) is 13.8 Å². The van der Waals surface area contributed by atoms with E-state index in [1.54, 1.807) is 12.1 Å². The van der Waals surface area contributed by atoms with Crippen molar-refractivity contribution in [3.05, 3.63) is 29.8 Å². The van der Waals surface area contributed by atoms with Crippen molar-refractivity contribution in [2.75, 3.05) is 6.54 Å². The molecule has 1 saturated heterocycles. The lowest BCUT2D eigenvalue weighted by Gasteiger charge is -2.36. The fraction of sp³-hybridized carbons (Fsp3) is 0.667. The van der Waals surface area contributed by atoms with Crippen molar-refractivity contribution in [3.8, 4) is 0 Å². The van der Waals surface area contributed by atoms with Gasteiger partial charge in [0.05, 0.1) is 11.4 Å². The fourth-order valence-corrected chi connectivity index (χ4v) is 4.22. The van der Waals surface area contributed by atoms with E-state index in [4.69, 9.17) is 5.14 Å². The average Bonchev–Trinajstić information content (AvgIpc) is 2.75. The van der Waals surface area contributed by atoms with E-state index < -0.39 is 10.0 Å². The summed E-state index contributed by atoms with van der Waals surface area (Å²) in [6, 6.07) is 6.43. The van der Waals surface area contributed by atoms with E-state index in [0.29, 0.717) is 12.5 Å². The number of guanidine groups is 2. The van der Waals surface area contributed by atoms with Crippen LogP contribution in [0.5, 0.6) is 0 Å². The first-order valence-electron chi connectivity index (χ1n) is 12.2. The van der Waals surface area contributed by atoms with Crippen molar-refractivity contribution in [1.29, 1.82) is 0 Å². The fourth-order valence-electron chi connectivity index (χ4n) is 3.70. The molecule has 1 aromatic rings. The van der Waals surface area contributed by atoms with Gasteiger partial charge >= 0.3 is 0 Å². The highest BCUT2D eigenvalue weighted by Gasteiger charge is 2.26. The molecule has 9 heteroatoms. The Morgan fingerprint density at radius 3 is 1.88 bits per heavy atom. The molecule has 0 saturated carbocycles. The lowest BCUT2D eigenvalue weighted by atomic mass is 10.1. The first-order valence-corrected chi connectivity index (χ1v) is 13.8. The third-order valence-electron chi connectivity index (χ3n) is 5.55. The molecule has 1 aliphatic heterocycles. The molecule has 0 aliphatic carbocycles. The smallest absolute Gasteiger partial charge is 0.238 e. The average molecular weight is 479 g/mol. The summed E-state index contributed by atoms with van der Waals surface area (Å²) < 4.78 is 22.8. The summed E-state index contributed by atoms with van der Waals surface area (Å²) in [7, 11) is -3.68. The standard InChI is InChI=1S/C24H42N6O2S/c1-4-5-6-7-8-9-10-11-12-13-18-26-22-28-23(30-24(2,3)29-22)27-19-20-14-16-21(17-15-20)33(25,31)32/h14-17H,4-13,18-19H2,1-3H3,(H2,25,31,32)(H3,26,27,28,29,30). The van der Waals surface area contributed by atoms with Gasteiger partial charge < -0.3 is 10.6 Å². The number of nitrogens with one attached hydrogen (secondary N) is 3. The van der Waals surface area contributed by atoms with E-state index in [1.165, 1.54) is 69.9 Å². The number of nitrogens with two attached hydrogens (primary N) is 1. The van der Waals surface area contributed by atoms with Gasteiger partial charge in [-0.1, -0.05) is 76.8 Å². The van der Waals surface area contributed by atoms with Crippen molar-refractivity contribution >= 4 is 21.9 Å². The monoisotopic (exact) mass is 478 g/mol. The molecule has 0 aromatic heterocycles. The first kappa shape index (κ1) is 27.1. The normalized spacial score (nSPS) is 18.1. The van der Waals surface area contributed by atoms with Crippen molar-refractivity contribution in [1.82, 2.24) is 16.0 Å². The van der Waals surface area contributed by atoms with Gasteiger partial charge in [0.25, 0.3) is 0 Å². The molecule has 5 N–H and O–H groups in total. The molecule has 33 heavy (non-hydrogen) atoms. The molecule has 1 heterocycles. The Balaban J connectivity index is 1.75. The minimum absolute atomic E-state index is 0.0968. The predicted octanol–water partition coefficient (Wildman–Crippen LogP) is 3.99. The molecule has 0 amide bonds. The van der Waals surface area contributed by atoms with Crippen molar-refractivity contribution in [2.45, 2.75) is 102 Å². The summed E-state index contributed by atoms with van der Waals surface area (Å²) in [6.07, 6.45) is 13.1. The Labute approximate surface area is 200 Å². The van der Waals surface area contributed by atoms with Gasteiger partial charge in [-0.2, -0.15) is 0 Å². The number of primary sulfonamides is 1. The number of hydrogen-bond donors (Lipinski definition) is 4. The lowest BCUT2D eigenvalue weighted by molar-refractivity contribution is 0.403. The second kappa shape index (κ2) is 13.5. The van der Waals surface area contributed by atoms with Crippen LogP contribution in [0.2, 0.25) is 0 Å². The van der Waals surface area contributed by atoms with Crippen LogP contribution in [0.15, 0.2) is 39.1 Å². The molecule has 8 nitrogen and oxygen atoms in total. The van der Waals surface area contributed by atoms with Crippen LogP contribution in [0.1, 0.15) is 90.5 Å². The number of rotatable bonds is 14. The zero-order chi connectivity index (χ0) is 24.2. The maximum absolute atomic E-state index is 11.4. The van der Waals surface area contributed by atoms with Gasteiger partial charge in [-0.15, -0.1) is 0 Å². The Morgan fingerprint density at radius 2 is 1.33 bits per heavy atom. The maximum atomic E-state index is 11.4. The number of sulfonamides is 1. The van der Waals surface area contributed by atoms with Crippen molar-refractivity contribution in [3.63, 3.8) is 0 Å². The van der Waals surface area contributed by atoms with Crippen LogP contribution in [-0.4, -0.2) is 32.5 Å². The summed E-state index contributed by atoms with van der Waals surface area (Å²) >= 11 is 0. The molecule has 2 rings (SSSR count). The van der Waals surface area contributed by atoms with E-state index in [0.717, 1.165) is 24.5 Å². The zero-order valence-electron chi connectivity index (χ0n) is 20.5. The van der Waals surface area contributed by atoms with E-state index in [2.05, 4.69) is 32.9 Å². The molecule has 0 unspecified atom stereocenters. The highest BCUT2D eigenvalue weighted by atomic mass is 32.2. The Bertz CT molecular complexity index is 879. The van der Waals surface area contributed by atoms with Crippen LogP contribution in [0.3, 0.4) is 0 Å². The summed E-state index contributed by atoms with van der Waals surface area (Å²) in [5.41, 5.74) is 0.511. The van der Waals surface area contributed by atoms with Crippen molar-refractivity contribution < 1.29 is 8.42 Å². The molecule has 0 bridgehead atoms. The summed E-state index contributed by atoms with van der Waals surface area (Å²) in [6.45, 7) is 7.50. The van der Waals surface area contributed by atoms with Crippen LogP contribution in [0.4, 0.5) is 0 Å². The molecule has 1 aliphatic rings. The number of unbranched alkanes of at least 4 members (excludes halogenated alkanes) is 9. The van der Waals surface area contributed by atoms with Crippen LogP contribution < -0.4 is 21.1 Å². The molecule has 0 atom stereocenters. The topological polar surface area (TPSA) is 121 Å². The summed E-state index contributed by atoms with van der Waals surface area (Å²) in [5, 5.41) is 15.0. The Kier molecular flexibility index (Phi) is 11.1. The lowest BCUT2D eigenvalue weighted by Crippen LogP contribution is -2.68. The minimum Gasteiger partial charge on any atom is -0.334 e. The molecule has 0 radical (unpaired) electrons. The number of aliphatic imine (C=N–C) groups is 2. The number of benzene rings is 1. The maximum Gasteiger partial charge on any atom is 0.238 e. The van der Waals surface area contributed by atoms with Gasteiger partial charge in [0.2, 0.25) is 10.0 Å². The van der Waals surface area contributed by atoms with Gasteiger partial charge in [-0.25, -0.2) is 18.5 Å². The third-order valence-corrected chi connectivity index (χ3v) is 6.48. The van der Waals surface area contributed by atoms with Gasteiger partial charge in [-0.05, 0) is 38.0 Å². The zero-order valence-corrected chi connectivity index (χ0v) is 21.3. The SMILES string of the molecule is CCCCCCCCCCCCN=C1NC(=NCc2ccc(S(N)(=O)=O)cc2)NC(C)(C)N1. The van der Waals surface area contributed by atoms with Gasteiger partial charge in [-0.3, -0.25) is 10.3 Å². The highest BCUT2D eigenvalue weighted by molar-refractivity contribution is 7.89. The van der Waals surface area contributed by atoms with E-state index in [9.17, 15) is 8.42 Å². The molecule has 0 spiro atoms. The third kappa shape index (κ3) is 11.0. The molecule has 1 fully saturated rings. The van der Waals surface area contributed by atoms with Gasteiger partial charge in [0, 0.05) is 6.54 Å². The second-order valence-electron chi connectivity index (χ2n) is 9.27. The molecule has 1 aromatic carbocycles. The van der Waals surface area contributed by atoms with E-state index in [-0.39, 0.29) is 10.6 Å². The van der Waals surface area contributed by atoms with Crippen LogP contribution >= 0.6 is 0 Å². The minimum atomic E-state index is -3.68. The quantitative estimate of drug-likeness (QED) is 0.301. The molecule has 186 valence electrons. The predicted molar refractivity (Wildman–Crippen MR) is 137 cm³/mol. The Morgan fingerprint density at radius 1 is 0.818 bits per heavy atom. The number of nitrogens with zero attached hydrogens (tertiary/aromatic N) is 2. The molecular formula is C24H42N6O2S. The van der Waals surface area contributed by atoms with Gasteiger partial charge in [0.1, 0.15) is 5.66 Å². The van der Waals surface area contributed by atoms with Crippen LogP contribution in [0, 0.1) is 0 Å². The van der Waals surface area contributed by atoms with Crippen molar-refractivity contribution in [2.24, 2.45) is 15.1 Å². The van der Waals surface area contributed by atoms with E-state index >= 15 is 0 Å².